The Hall–Kier alpha value is -2.44. The lowest BCUT2D eigenvalue weighted by molar-refractivity contribution is -0.118. The van der Waals surface area contributed by atoms with Crippen molar-refractivity contribution in [1.29, 1.82) is 0 Å². The number of carbonyl (C=O) groups excluding carboxylic acids is 1. The molecule has 0 aliphatic rings. The molecule has 0 radical (unpaired) electrons. The van der Waals surface area contributed by atoms with Crippen molar-refractivity contribution in [2.75, 3.05) is 38.2 Å². The first-order valence-electron chi connectivity index (χ1n) is 11.0. The molecule has 3 aromatic rings. The highest BCUT2D eigenvalue weighted by molar-refractivity contribution is 6.33. The van der Waals surface area contributed by atoms with Crippen molar-refractivity contribution in [3.8, 4) is 22.6 Å². The molecule has 180 valence electrons. The zero-order chi connectivity index (χ0) is 24.5. The minimum Gasteiger partial charge on any atom is -0.491 e. The maximum absolute atomic E-state index is 12.4. The fourth-order valence-electron chi connectivity index (χ4n) is 3.30. The molecule has 0 aliphatic heterocycles. The molecule has 0 fully saturated rings. The molecule has 5 nitrogen and oxygen atoms in total. The van der Waals surface area contributed by atoms with Gasteiger partial charge in [0.1, 0.15) is 18.1 Å². The number of anilines is 1. The molecular formula is C26H27Cl3N2O3. The van der Waals surface area contributed by atoms with Crippen molar-refractivity contribution in [3.63, 3.8) is 0 Å². The van der Waals surface area contributed by atoms with E-state index in [0.717, 1.165) is 30.8 Å². The van der Waals surface area contributed by atoms with Crippen molar-refractivity contribution >= 4 is 46.4 Å². The highest BCUT2D eigenvalue weighted by atomic mass is 35.5. The lowest BCUT2D eigenvalue weighted by Gasteiger charge is -2.18. The van der Waals surface area contributed by atoms with E-state index in [1.807, 2.05) is 30.3 Å². The van der Waals surface area contributed by atoms with E-state index in [0.29, 0.717) is 38.9 Å². The SMILES string of the molecule is CCN(CC)CCOc1ccc(NC(=O)COc2ccc(-c3ccc(Cl)cc3)cc2Cl)cc1Cl. The van der Waals surface area contributed by atoms with E-state index in [9.17, 15) is 4.79 Å². The number of carbonyl (C=O) groups is 1. The van der Waals surface area contributed by atoms with Gasteiger partial charge in [0.2, 0.25) is 0 Å². The van der Waals surface area contributed by atoms with E-state index in [2.05, 4.69) is 24.1 Å². The average molecular weight is 522 g/mol. The molecule has 0 aliphatic carbocycles. The molecule has 0 saturated carbocycles. The average Bonchev–Trinajstić information content (AvgIpc) is 2.83. The van der Waals surface area contributed by atoms with Crippen LogP contribution in [0.1, 0.15) is 13.8 Å². The first-order chi connectivity index (χ1) is 16.4. The predicted octanol–water partition coefficient (Wildman–Crippen LogP) is 7.05. The van der Waals surface area contributed by atoms with Crippen LogP contribution in [0.5, 0.6) is 11.5 Å². The Kier molecular flexibility index (Phi) is 9.90. The van der Waals surface area contributed by atoms with Gasteiger partial charge < -0.3 is 19.7 Å². The molecule has 8 heteroatoms. The fraction of sp³-hybridized carbons (Fsp3) is 0.269. The van der Waals surface area contributed by atoms with Crippen LogP contribution in [0.2, 0.25) is 15.1 Å². The summed E-state index contributed by atoms with van der Waals surface area (Å²) >= 11 is 18.6. The topological polar surface area (TPSA) is 50.8 Å². The van der Waals surface area contributed by atoms with Crippen molar-refractivity contribution in [2.24, 2.45) is 0 Å². The molecule has 0 bridgehead atoms. The van der Waals surface area contributed by atoms with Crippen LogP contribution in [0, 0.1) is 0 Å². The van der Waals surface area contributed by atoms with Crippen LogP contribution in [-0.4, -0.2) is 43.7 Å². The molecular weight excluding hydrogens is 495 g/mol. The van der Waals surface area contributed by atoms with Crippen molar-refractivity contribution < 1.29 is 14.3 Å². The van der Waals surface area contributed by atoms with Gasteiger partial charge in [0.15, 0.2) is 6.61 Å². The maximum Gasteiger partial charge on any atom is 0.262 e. The Morgan fingerprint density at radius 2 is 1.44 bits per heavy atom. The maximum atomic E-state index is 12.4. The van der Waals surface area contributed by atoms with Crippen LogP contribution in [0.25, 0.3) is 11.1 Å². The molecule has 0 heterocycles. The van der Waals surface area contributed by atoms with E-state index in [-0.39, 0.29) is 12.5 Å². The quantitative estimate of drug-likeness (QED) is 0.294. The van der Waals surface area contributed by atoms with Gasteiger partial charge in [0, 0.05) is 17.3 Å². The Balaban J connectivity index is 1.51. The highest BCUT2D eigenvalue weighted by Crippen LogP contribution is 2.31. The van der Waals surface area contributed by atoms with Gasteiger partial charge in [-0.2, -0.15) is 0 Å². The summed E-state index contributed by atoms with van der Waals surface area (Å²) in [7, 11) is 0. The molecule has 3 aromatic carbocycles. The van der Waals surface area contributed by atoms with Crippen molar-refractivity contribution in [3.05, 3.63) is 75.7 Å². The van der Waals surface area contributed by atoms with Crippen LogP contribution in [0.3, 0.4) is 0 Å². The van der Waals surface area contributed by atoms with Crippen molar-refractivity contribution in [2.45, 2.75) is 13.8 Å². The Labute approximate surface area is 215 Å². The Bertz CT molecular complexity index is 1100. The van der Waals surface area contributed by atoms with Gasteiger partial charge in [0.25, 0.3) is 5.91 Å². The normalized spacial score (nSPS) is 10.9. The highest BCUT2D eigenvalue weighted by Gasteiger charge is 2.10. The summed E-state index contributed by atoms with van der Waals surface area (Å²) < 4.78 is 11.4. The number of nitrogens with zero attached hydrogens (tertiary/aromatic N) is 1. The summed E-state index contributed by atoms with van der Waals surface area (Å²) in [5, 5.41) is 4.27. The Morgan fingerprint density at radius 1 is 0.824 bits per heavy atom. The Morgan fingerprint density at radius 3 is 2.09 bits per heavy atom. The number of hydrogen-bond donors (Lipinski definition) is 1. The molecule has 0 aromatic heterocycles. The minimum absolute atomic E-state index is 0.195. The summed E-state index contributed by atoms with van der Waals surface area (Å²) in [5.41, 5.74) is 2.46. The molecule has 3 rings (SSSR count). The smallest absolute Gasteiger partial charge is 0.262 e. The monoisotopic (exact) mass is 520 g/mol. The van der Waals surface area contributed by atoms with Crippen LogP contribution in [-0.2, 0) is 4.79 Å². The third-order valence-corrected chi connectivity index (χ3v) is 6.09. The summed E-state index contributed by atoms with van der Waals surface area (Å²) in [5.74, 6) is 0.671. The van der Waals surface area contributed by atoms with Crippen molar-refractivity contribution in [1.82, 2.24) is 4.90 Å². The lowest BCUT2D eigenvalue weighted by atomic mass is 10.1. The van der Waals surface area contributed by atoms with Gasteiger partial charge in [-0.15, -0.1) is 0 Å². The number of nitrogens with one attached hydrogen (secondary N) is 1. The zero-order valence-corrected chi connectivity index (χ0v) is 21.4. The standard InChI is InChI=1S/C26H27Cl3N2O3/c1-3-31(4-2)13-14-33-24-12-10-21(16-23(24)29)30-26(32)17-34-25-11-7-19(15-22(25)28)18-5-8-20(27)9-6-18/h5-12,15-16H,3-4,13-14,17H2,1-2H3,(H,30,32). The number of rotatable bonds is 11. The second kappa shape index (κ2) is 12.9. The second-order valence-electron chi connectivity index (χ2n) is 7.51. The van der Waals surface area contributed by atoms with E-state index in [4.69, 9.17) is 44.3 Å². The number of likely N-dealkylation sites (N-methyl/N-ethyl adjacent to an activating group) is 1. The number of ether oxygens (including phenoxy) is 2. The lowest BCUT2D eigenvalue weighted by Crippen LogP contribution is -2.27. The second-order valence-corrected chi connectivity index (χ2v) is 8.76. The summed E-state index contributed by atoms with van der Waals surface area (Å²) in [4.78, 5) is 14.6. The molecule has 34 heavy (non-hydrogen) atoms. The van der Waals surface area contributed by atoms with Gasteiger partial charge in [-0.1, -0.05) is 66.8 Å². The van der Waals surface area contributed by atoms with E-state index in [1.165, 1.54) is 0 Å². The fourth-order valence-corrected chi connectivity index (χ4v) is 3.90. The third kappa shape index (κ3) is 7.54. The van der Waals surface area contributed by atoms with Gasteiger partial charge in [-0.05, 0) is 66.7 Å². The van der Waals surface area contributed by atoms with Crippen LogP contribution < -0.4 is 14.8 Å². The molecule has 1 amide bonds. The van der Waals surface area contributed by atoms with E-state index in [1.54, 1.807) is 30.3 Å². The van der Waals surface area contributed by atoms with Gasteiger partial charge >= 0.3 is 0 Å². The van der Waals surface area contributed by atoms with E-state index < -0.39 is 0 Å². The molecule has 1 N–H and O–H groups in total. The first kappa shape index (κ1) is 26.2. The predicted molar refractivity (Wildman–Crippen MR) is 141 cm³/mol. The van der Waals surface area contributed by atoms with Gasteiger partial charge in [-0.3, -0.25) is 4.79 Å². The molecule has 0 unspecified atom stereocenters. The number of benzene rings is 3. The summed E-state index contributed by atoms with van der Waals surface area (Å²) in [6.07, 6.45) is 0. The third-order valence-electron chi connectivity index (χ3n) is 5.24. The van der Waals surface area contributed by atoms with Gasteiger partial charge in [-0.25, -0.2) is 0 Å². The van der Waals surface area contributed by atoms with Crippen LogP contribution in [0.15, 0.2) is 60.7 Å². The van der Waals surface area contributed by atoms with E-state index >= 15 is 0 Å². The van der Waals surface area contributed by atoms with Crippen LogP contribution in [0.4, 0.5) is 5.69 Å². The number of halogens is 3. The molecule has 0 saturated heterocycles. The first-order valence-corrected chi connectivity index (χ1v) is 12.2. The van der Waals surface area contributed by atoms with Gasteiger partial charge in [0.05, 0.1) is 10.0 Å². The van der Waals surface area contributed by atoms with Crippen LogP contribution >= 0.6 is 34.8 Å². The minimum atomic E-state index is -0.330. The summed E-state index contributed by atoms with van der Waals surface area (Å²) in [6.45, 7) is 7.33. The number of amides is 1. The number of hydrogen-bond acceptors (Lipinski definition) is 4. The molecule has 0 atom stereocenters. The molecule has 0 spiro atoms. The summed E-state index contributed by atoms with van der Waals surface area (Å²) in [6, 6.07) is 18.0. The zero-order valence-electron chi connectivity index (χ0n) is 19.1. The largest absolute Gasteiger partial charge is 0.491 e.